The SMILES string of the molecule is O=C(P)C1CSCN1. The number of thioether (sulfide) groups is 1. The molecule has 1 rings (SSSR count). The zero-order valence-corrected chi connectivity index (χ0v) is 6.36. The predicted octanol–water partition coefficient (Wildman–Crippen LogP) is 0.0506. The second-order valence-corrected chi connectivity index (χ2v) is 3.27. The van der Waals surface area contributed by atoms with E-state index in [0.717, 1.165) is 11.6 Å². The smallest absolute Gasteiger partial charge is 0.165 e. The van der Waals surface area contributed by atoms with E-state index in [1.54, 1.807) is 11.8 Å². The molecule has 0 aromatic rings. The van der Waals surface area contributed by atoms with Crippen molar-refractivity contribution in [3.63, 3.8) is 0 Å². The highest BCUT2D eigenvalue weighted by molar-refractivity contribution is 7.99. The highest BCUT2D eigenvalue weighted by Gasteiger charge is 2.17. The standard InChI is InChI=1S/C4H8NOPS/c6-4(7)3-1-8-2-5-3/h3,5H,1-2,7H2. The molecule has 1 N–H and O–H groups in total. The molecule has 1 heterocycles. The summed E-state index contributed by atoms with van der Waals surface area (Å²) in [6, 6.07) is 0.102. The fourth-order valence-corrected chi connectivity index (χ4v) is 1.94. The third-order valence-electron chi connectivity index (χ3n) is 1.06. The van der Waals surface area contributed by atoms with Gasteiger partial charge in [-0.05, 0) is 0 Å². The van der Waals surface area contributed by atoms with Gasteiger partial charge in [-0.25, -0.2) is 0 Å². The van der Waals surface area contributed by atoms with Gasteiger partial charge in [0.15, 0.2) is 5.52 Å². The van der Waals surface area contributed by atoms with Crippen molar-refractivity contribution in [2.24, 2.45) is 0 Å². The molecule has 1 saturated heterocycles. The third kappa shape index (κ3) is 1.44. The summed E-state index contributed by atoms with van der Waals surface area (Å²) >= 11 is 1.77. The maximum Gasteiger partial charge on any atom is 0.165 e. The van der Waals surface area contributed by atoms with Crippen molar-refractivity contribution in [1.82, 2.24) is 5.32 Å². The van der Waals surface area contributed by atoms with E-state index >= 15 is 0 Å². The average Bonchev–Trinajstić information content (AvgIpc) is 2.12. The van der Waals surface area contributed by atoms with E-state index in [4.69, 9.17) is 0 Å². The van der Waals surface area contributed by atoms with Crippen LogP contribution in [-0.2, 0) is 4.79 Å². The monoisotopic (exact) mass is 149 g/mol. The molecule has 0 amide bonds. The molecule has 0 aromatic heterocycles. The third-order valence-corrected chi connectivity index (χ3v) is 2.40. The topological polar surface area (TPSA) is 29.1 Å². The first-order chi connectivity index (χ1) is 3.80. The molecule has 8 heavy (non-hydrogen) atoms. The number of hydrogen-bond donors (Lipinski definition) is 1. The molecule has 0 saturated carbocycles. The maximum atomic E-state index is 10.5. The fourth-order valence-electron chi connectivity index (χ4n) is 0.578. The minimum Gasteiger partial charge on any atom is -0.297 e. The van der Waals surface area contributed by atoms with Crippen LogP contribution in [0.5, 0.6) is 0 Å². The van der Waals surface area contributed by atoms with Gasteiger partial charge in [-0.15, -0.1) is 11.8 Å². The van der Waals surface area contributed by atoms with Gasteiger partial charge < -0.3 is 0 Å². The molecular weight excluding hydrogens is 141 g/mol. The van der Waals surface area contributed by atoms with Crippen LogP contribution in [0, 0.1) is 0 Å². The predicted molar refractivity (Wildman–Crippen MR) is 39.0 cm³/mol. The van der Waals surface area contributed by atoms with E-state index in [0.29, 0.717) is 0 Å². The van der Waals surface area contributed by atoms with E-state index in [2.05, 4.69) is 14.6 Å². The number of hydrogen-bond acceptors (Lipinski definition) is 3. The summed E-state index contributed by atoms with van der Waals surface area (Å²) in [4.78, 5) is 10.5. The van der Waals surface area contributed by atoms with Crippen LogP contribution in [-0.4, -0.2) is 23.2 Å². The van der Waals surface area contributed by atoms with E-state index in [1.807, 2.05) is 0 Å². The van der Waals surface area contributed by atoms with Crippen LogP contribution in [0.3, 0.4) is 0 Å². The largest absolute Gasteiger partial charge is 0.297 e. The fraction of sp³-hybridized carbons (Fsp3) is 0.750. The molecular formula is C4H8NOPS. The van der Waals surface area contributed by atoms with Crippen molar-refractivity contribution in [2.75, 3.05) is 11.6 Å². The maximum absolute atomic E-state index is 10.5. The summed E-state index contributed by atoms with van der Waals surface area (Å²) in [5.74, 6) is 1.85. The van der Waals surface area contributed by atoms with E-state index in [9.17, 15) is 4.79 Å². The van der Waals surface area contributed by atoms with Crippen molar-refractivity contribution >= 4 is 26.5 Å². The molecule has 0 bridgehead atoms. The van der Waals surface area contributed by atoms with Gasteiger partial charge >= 0.3 is 0 Å². The van der Waals surface area contributed by atoms with Gasteiger partial charge in [0.1, 0.15) is 0 Å². The molecule has 0 aliphatic carbocycles. The number of rotatable bonds is 1. The summed E-state index contributed by atoms with van der Waals surface area (Å²) in [6.45, 7) is 0. The summed E-state index contributed by atoms with van der Waals surface area (Å²) in [6.07, 6.45) is 0. The van der Waals surface area contributed by atoms with E-state index in [-0.39, 0.29) is 11.6 Å². The molecule has 4 heteroatoms. The zero-order chi connectivity index (χ0) is 5.98. The Kier molecular flexibility index (Phi) is 2.29. The first-order valence-electron chi connectivity index (χ1n) is 2.41. The summed E-state index contributed by atoms with van der Waals surface area (Å²) in [7, 11) is 2.19. The average molecular weight is 149 g/mol. The Hall–Kier alpha value is 0.410. The van der Waals surface area contributed by atoms with Gasteiger partial charge in [-0.1, -0.05) is 9.24 Å². The van der Waals surface area contributed by atoms with Gasteiger partial charge in [0.25, 0.3) is 0 Å². The van der Waals surface area contributed by atoms with Gasteiger partial charge in [0.05, 0.1) is 6.04 Å². The second-order valence-electron chi connectivity index (χ2n) is 1.67. The van der Waals surface area contributed by atoms with Crippen molar-refractivity contribution in [3.05, 3.63) is 0 Å². The van der Waals surface area contributed by atoms with Crippen molar-refractivity contribution in [2.45, 2.75) is 6.04 Å². The van der Waals surface area contributed by atoms with Crippen molar-refractivity contribution in [1.29, 1.82) is 0 Å². The Morgan fingerprint density at radius 1 is 1.88 bits per heavy atom. The molecule has 1 aliphatic rings. The molecule has 1 fully saturated rings. The minimum atomic E-state index is 0.102. The van der Waals surface area contributed by atoms with Gasteiger partial charge in [0.2, 0.25) is 0 Å². The van der Waals surface area contributed by atoms with Crippen molar-refractivity contribution in [3.8, 4) is 0 Å². The van der Waals surface area contributed by atoms with Crippen LogP contribution < -0.4 is 5.32 Å². The lowest BCUT2D eigenvalue weighted by atomic mass is 10.4. The summed E-state index contributed by atoms with van der Waals surface area (Å²) in [5.41, 5.74) is 0.176. The van der Waals surface area contributed by atoms with Crippen LogP contribution in [0.2, 0.25) is 0 Å². The number of carbonyl (C=O) groups is 1. The quantitative estimate of drug-likeness (QED) is 0.534. The lowest BCUT2D eigenvalue weighted by Gasteiger charge is -2.00. The highest BCUT2D eigenvalue weighted by atomic mass is 32.2. The van der Waals surface area contributed by atoms with E-state index in [1.165, 1.54) is 0 Å². The van der Waals surface area contributed by atoms with Crippen LogP contribution in [0.1, 0.15) is 0 Å². The Labute approximate surface area is 55.0 Å². The lowest BCUT2D eigenvalue weighted by molar-refractivity contribution is -0.112. The van der Waals surface area contributed by atoms with Crippen LogP contribution in [0.25, 0.3) is 0 Å². The van der Waals surface area contributed by atoms with Crippen LogP contribution in [0.4, 0.5) is 0 Å². The normalized spacial score (nSPS) is 28.4. The van der Waals surface area contributed by atoms with Gasteiger partial charge in [-0.2, -0.15) is 0 Å². The second kappa shape index (κ2) is 2.81. The van der Waals surface area contributed by atoms with Gasteiger partial charge in [-0.3, -0.25) is 10.1 Å². The molecule has 2 unspecified atom stereocenters. The molecule has 2 nitrogen and oxygen atoms in total. The Bertz CT molecular complexity index is 102. The van der Waals surface area contributed by atoms with E-state index < -0.39 is 0 Å². The zero-order valence-electron chi connectivity index (χ0n) is 4.39. The number of nitrogens with one attached hydrogen (secondary N) is 1. The molecule has 0 radical (unpaired) electrons. The molecule has 0 spiro atoms. The highest BCUT2D eigenvalue weighted by Crippen LogP contribution is 2.11. The lowest BCUT2D eigenvalue weighted by Crippen LogP contribution is -2.28. The molecule has 0 aromatic carbocycles. The van der Waals surface area contributed by atoms with Crippen LogP contribution >= 0.6 is 21.0 Å². The van der Waals surface area contributed by atoms with Crippen LogP contribution in [0.15, 0.2) is 0 Å². The van der Waals surface area contributed by atoms with Gasteiger partial charge in [0, 0.05) is 11.6 Å². The first kappa shape index (κ1) is 6.53. The Morgan fingerprint density at radius 2 is 2.62 bits per heavy atom. The molecule has 46 valence electrons. The summed E-state index contributed by atoms with van der Waals surface area (Å²) in [5, 5.41) is 3.05. The Morgan fingerprint density at radius 3 is 2.88 bits per heavy atom. The minimum absolute atomic E-state index is 0.102. The summed E-state index contributed by atoms with van der Waals surface area (Å²) < 4.78 is 0. The number of carbonyl (C=O) groups excluding carboxylic acids is 1. The van der Waals surface area contributed by atoms with Crippen molar-refractivity contribution < 1.29 is 4.79 Å². The Balaban J connectivity index is 2.35. The first-order valence-corrected chi connectivity index (χ1v) is 4.14. The molecule has 1 aliphatic heterocycles. The molecule has 2 atom stereocenters.